The minimum absolute atomic E-state index is 0.0217. The van der Waals surface area contributed by atoms with Crippen molar-refractivity contribution in [2.75, 3.05) is 0 Å². The van der Waals surface area contributed by atoms with Crippen molar-refractivity contribution in [1.29, 1.82) is 0 Å². The van der Waals surface area contributed by atoms with Crippen molar-refractivity contribution in [1.82, 2.24) is 0 Å². The zero-order chi connectivity index (χ0) is 14.9. The van der Waals surface area contributed by atoms with Crippen LogP contribution in [0.1, 0.15) is 0 Å². The Balaban J connectivity index is 2.29. The number of hydrogen-bond donors (Lipinski definition) is 0. The first-order valence-corrected chi connectivity index (χ1v) is 8.91. The first-order valence-electron chi connectivity index (χ1n) is 7.51. The summed E-state index contributed by atoms with van der Waals surface area (Å²) in [5.74, 6) is 0. The van der Waals surface area contributed by atoms with E-state index < -0.39 is 0 Å². The van der Waals surface area contributed by atoms with Crippen LogP contribution >= 0.6 is 0 Å². The summed E-state index contributed by atoms with van der Waals surface area (Å²) in [6, 6.07) is 28.2. The van der Waals surface area contributed by atoms with E-state index in [0.29, 0.717) is 0 Å². The summed E-state index contributed by atoms with van der Waals surface area (Å²) in [5, 5.41) is 9.61. The van der Waals surface area contributed by atoms with Crippen LogP contribution in [-0.4, -0.2) is 20.2 Å². The average molecular weight is 294 g/mol. The van der Waals surface area contributed by atoms with Gasteiger partial charge >= 0.3 is 136 Å². The van der Waals surface area contributed by atoms with Gasteiger partial charge < -0.3 is 0 Å². The maximum absolute atomic E-state index is 4.24. The summed E-state index contributed by atoms with van der Waals surface area (Å²) in [7, 11) is 0. The molecule has 4 rings (SSSR count). The van der Waals surface area contributed by atoms with E-state index in [-0.39, 0.29) is 14.8 Å². The van der Waals surface area contributed by atoms with Crippen molar-refractivity contribution in [3.8, 4) is 11.1 Å². The van der Waals surface area contributed by atoms with Crippen LogP contribution in [0.5, 0.6) is 0 Å². The van der Waals surface area contributed by atoms with Gasteiger partial charge in [0.2, 0.25) is 0 Å². The Morgan fingerprint density at radius 3 is 1.50 bits per heavy atom. The molecule has 0 aliphatic carbocycles. The normalized spacial score (nSPS) is 10.7. The predicted octanol–water partition coefficient (Wildman–Crippen LogP) is 4.42. The summed E-state index contributed by atoms with van der Waals surface area (Å²) in [6.07, 6.45) is 0. The van der Waals surface area contributed by atoms with Crippen LogP contribution < -0.4 is 4.43 Å². The fourth-order valence-corrected chi connectivity index (χ4v) is 4.24. The van der Waals surface area contributed by atoms with Gasteiger partial charge in [-0.2, -0.15) is 0 Å². The van der Waals surface area contributed by atoms with Crippen LogP contribution in [0.2, 0.25) is 0 Å². The molecule has 0 nitrogen and oxygen atoms in total. The van der Waals surface area contributed by atoms with Crippen LogP contribution in [-0.2, 0) is 0 Å². The van der Waals surface area contributed by atoms with Crippen molar-refractivity contribution >= 4 is 46.1 Å². The molecule has 0 bridgehead atoms. The van der Waals surface area contributed by atoms with Gasteiger partial charge in [0.05, 0.1) is 0 Å². The summed E-state index contributed by atoms with van der Waals surface area (Å²) < 4.78 is 1.42. The number of fused-ring (bicyclic) bond motifs is 2. The SMILES string of the molecule is [CH2]=[Al][c]1c2ccccc2c(-c2ccccc2)c2ccccc12. The Bertz CT molecular complexity index is 927. The molecule has 0 N–H and O–H groups in total. The summed E-state index contributed by atoms with van der Waals surface area (Å²) >= 11 is 0.0217. The van der Waals surface area contributed by atoms with E-state index in [4.69, 9.17) is 0 Å². The van der Waals surface area contributed by atoms with Gasteiger partial charge in [-0.3, -0.25) is 0 Å². The first-order chi connectivity index (χ1) is 10.9. The number of hydrogen-bond acceptors (Lipinski definition) is 0. The third-order valence-electron chi connectivity index (χ3n) is 4.24. The van der Waals surface area contributed by atoms with Gasteiger partial charge in [0.15, 0.2) is 0 Å². The standard InChI is InChI=1S/C20H13.CH2.Al/c1-2-8-15(9-3-1)20-18-12-6-4-10-16(18)14-17-11-5-7-13-19(17)20;;/h1-13H;1H2;. The molecule has 0 unspecified atom stereocenters. The van der Waals surface area contributed by atoms with Crippen molar-refractivity contribution in [2.24, 2.45) is 0 Å². The van der Waals surface area contributed by atoms with Gasteiger partial charge in [-0.1, -0.05) is 0 Å². The van der Waals surface area contributed by atoms with Gasteiger partial charge in [0.25, 0.3) is 0 Å². The zero-order valence-electron chi connectivity index (χ0n) is 12.3. The molecule has 0 aromatic heterocycles. The molecule has 0 fully saturated rings. The molecule has 4 aromatic carbocycles. The second kappa shape index (κ2) is 5.54. The molecule has 0 amide bonds. The summed E-state index contributed by atoms with van der Waals surface area (Å²) in [6.45, 7) is 0. The Morgan fingerprint density at radius 1 is 0.545 bits per heavy atom. The van der Waals surface area contributed by atoms with Crippen molar-refractivity contribution in [2.45, 2.75) is 0 Å². The fraction of sp³-hybridized carbons (Fsp3) is 0. The molecule has 22 heavy (non-hydrogen) atoms. The van der Waals surface area contributed by atoms with E-state index >= 15 is 0 Å². The average Bonchev–Trinajstić information content (AvgIpc) is 2.60. The predicted molar refractivity (Wildman–Crippen MR) is 99.4 cm³/mol. The van der Waals surface area contributed by atoms with E-state index in [1.54, 1.807) is 0 Å². The molecule has 0 saturated carbocycles. The molecule has 0 atom stereocenters. The third-order valence-corrected chi connectivity index (χ3v) is 5.27. The van der Waals surface area contributed by atoms with Gasteiger partial charge in [0.1, 0.15) is 0 Å². The van der Waals surface area contributed by atoms with Crippen molar-refractivity contribution in [3.63, 3.8) is 0 Å². The van der Waals surface area contributed by atoms with E-state index in [9.17, 15) is 0 Å². The van der Waals surface area contributed by atoms with Crippen LogP contribution in [0.4, 0.5) is 0 Å². The Labute approximate surface area is 136 Å². The molecule has 0 aliphatic heterocycles. The van der Waals surface area contributed by atoms with Gasteiger partial charge in [-0.05, 0) is 0 Å². The van der Waals surface area contributed by atoms with Gasteiger partial charge in [-0.15, -0.1) is 0 Å². The van der Waals surface area contributed by atoms with Crippen LogP contribution in [0.3, 0.4) is 0 Å². The van der Waals surface area contributed by atoms with Crippen molar-refractivity contribution < 1.29 is 0 Å². The Morgan fingerprint density at radius 2 is 1.00 bits per heavy atom. The molecular weight excluding hydrogens is 279 g/mol. The molecule has 4 aromatic rings. The molecule has 102 valence electrons. The Hall–Kier alpha value is -2.20. The minimum atomic E-state index is 0.0217. The maximum atomic E-state index is 4.24. The van der Waals surface area contributed by atoms with E-state index in [1.807, 2.05) is 0 Å². The fourth-order valence-electron chi connectivity index (χ4n) is 3.30. The van der Waals surface area contributed by atoms with Crippen LogP contribution in [0, 0.1) is 0 Å². The molecule has 0 aliphatic rings. The van der Waals surface area contributed by atoms with E-state index in [1.165, 1.54) is 37.1 Å². The van der Waals surface area contributed by atoms with Gasteiger partial charge in [-0.25, -0.2) is 0 Å². The van der Waals surface area contributed by atoms with E-state index in [2.05, 4.69) is 84.2 Å². The zero-order valence-corrected chi connectivity index (χ0v) is 13.4. The quantitative estimate of drug-likeness (QED) is 0.379. The molecule has 0 radical (unpaired) electrons. The van der Waals surface area contributed by atoms with Crippen LogP contribution in [0.25, 0.3) is 32.7 Å². The molecular formula is C21H15Al. The number of rotatable bonds is 2. The first kappa shape index (κ1) is 13.5. The Kier molecular flexibility index (Phi) is 3.39. The second-order valence-electron chi connectivity index (χ2n) is 5.45. The summed E-state index contributed by atoms with van der Waals surface area (Å²) in [4.78, 5) is 0. The molecule has 0 spiro atoms. The van der Waals surface area contributed by atoms with Gasteiger partial charge in [0, 0.05) is 0 Å². The third kappa shape index (κ3) is 2.03. The molecule has 0 saturated heterocycles. The van der Waals surface area contributed by atoms with Crippen LogP contribution in [0.15, 0.2) is 78.9 Å². The monoisotopic (exact) mass is 294 g/mol. The molecule has 0 heterocycles. The van der Waals surface area contributed by atoms with E-state index in [0.717, 1.165) is 0 Å². The second-order valence-corrected chi connectivity index (χ2v) is 6.44. The molecule has 1 heteroatoms. The topological polar surface area (TPSA) is 0 Å². The summed E-state index contributed by atoms with van der Waals surface area (Å²) in [5.41, 5.74) is 2.61. The number of benzene rings is 4. The van der Waals surface area contributed by atoms with Crippen molar-refractivity contribution in [3.05, 3.63) is 78.9 Å².